The van der Waals surface area contributed by atoms with Gasteiger partial charge in [0.15, 0.2) is 0 Å². The fraction of sp³-hybridized carbons (Fsp3) is 0.500. The minimum atomic E-state index is -0.357. The summed E-state index contributed by atoms with van der Waals surface area (Å²) in [6, 6.07) is 4.15. The molecule has 82 valence electrons. The van der Waals surface area contributed by atoms with E-state index < -0.39 is 0 Å². The highest BCUT2D eigenvalue weighted by molar-refractivity contribution is 5.46. The van der Waals surface area contributed by atoms with Crippen LogP contribution in [0.4, 0.5) is 0 Å². The zero-order valence-corrected chi connectivity index (χ0v) is 9.46. The molecular formula is C12H17NO2. The van der Waals surface area contributed by atoms with Gasteiger partial charge in [0.05, 0.1) is 25.9 Å². The normalized spacial score (nSPS) is 18.4. The number of methoxy groups -OCH3 is 1. The molecule has 2 rings (SSSR count). The van der Waals surface area contributed by atoms with E-state index in [1.807, 2.05) is 6.07 Å². The van der Waals surface area contributed by atoms with Crippen LogP contribution in [0.15, 0.2) is 12.1 Å². The number of hydrogen-bond acceptors (Lipinski definition) is 3. The molecule has 0 spiro atoms. The molecule has 0 saturated carbocycles. The van der Waals surface area contributed by atoms with Crippen LogP contribution in [-0.2, 0) is 10.3 Å². The summed E-state index contributed by atoms with van der Waals surface area (Å²) in [5.41, 5.74) is 9.37. The monoisotopic (exact) mass is 207 g/mol. The molecule has 2 N–H and O–H groups in total. The van der Waals surface area contributed by atoms with Crippen molar-refractivity contribution in [1.29, 1.82) is 0 Å². The summed E-state index contributed by atoms with van der Waals surface area (Å²) in [7, 11) is 1.68. The first kappa shape index (κ1) is 10.5. The molecule has 0 aromatic heterocycles. The SMILES string of the molecule is COc1cc(C)c(C)cc1C1(N)COC1. The number of benzene rings is 1. The lowest BCUT2D eigenvalue weighted by Gasteiger charge is -2.39. The van der Waals surface area contributed by atoms with Gasteiger partial charge >= 0.3 is 0 Å². The van der Waals surface area contributed by atoms with Crippen molar-refractivity contribution in [2.75, 3.05) is 20.3 Å². The zero-order valence-electron chi connectivity index (χ0n) is 9.46. The summed E-state index contributed by atoms with van der Waals surface area (Å²) in [5, 5.41) is 0. The van der Waals surface area contributed by atoms with Crippen LogP contribution in [0.1, 0.15) is 16.7 Å². The smallest absolute Gasteiger partial charge is 0.124 e. The fourth-order valence-electron chi connectivity index (χ4n) is 1.83. The Balaban J connectivity index is 2.49. The van der Waals surface area contributed by atoms with Gasteiger partial charge in [-0.25, -0.2) is 0 Å². The third-order valence-electron chi connectivity index (χ3n) is 3.07. The third-order valence-corrected chi connectivity index (χ3v) is 3.07. The van der Waals surface area contributed by atoms with Gasteiger partial charge in [0.25, 0.3) is 0 Å². The second-order valence-electron chi connectivity index (χ2n) is 4.29. The predicted molar refractivity (Wildman–Crippen MR) is 59.2 cm³/mol. The lowest BCUT2D eigenvalue weighted by Crippen LogP contribution is -2.54. The van der Waals surface area contributed by atoms with Gasteiger partial charge in [0.1, 0.15) is 5.75 Å². The van der Waals surface area contributed by atoms with Crippen molar-refractivity contribution in [2.45, 2.75) is 19.4 Å². The van der Waals surface area contributed by atoms with Crippen LogP contribution >= 0.6 is 0 Å². The van der Waals surface area contributed by atoms with Crippen LogP contribution in [0.2, 0.25) is 0 Å². The minimum Gasteiger partial charge on any atom is -0.496 e. The lowest BCUT2D eigenvalue weighted by molar-refractivity contribution is -0.0578. The number of ether oxygens (including phenoxy) is 2. The first-order valence-corrected chi connectivity index (χ1v) is 5.09. The van der Waals surface area contributed by atoms with Crippen LogP contribution in [0.3, 0.4) is 0 Å². The maximum Gasteiger partial charge on any atom is 0.124 e. The number of hydrogen-bond donors (Lipinski definition) is 1. The average Bonchev–Trinajstić information content (AvgIpc) is 2.18. The molecule has 1 aliphatic heterocycles. The van der Waals surface area contributed by atoms with Gasteiger partial charge in [-0.3, -0.25) is 0 Å². The quantitative estimate of drug-likeness (QED) is 0.799. The molecule has 1 heterocycles. The maximum atomic E-state index is 6.21. The van der Waals surface area contributed by atoms with Crippen molar-refractivity contribution in [3.8, 4) is 5.75 Å². The Labute approximate surface area is 90.2 Å². The van der Waals surface area contributed by atoms with Crippen molar-refractivity contribution < 1.29 is 9.47 Å². The second-order valence-corrected chi connectivity index (χ2v) is 4.29. The van der Waals surface area contributed by atoms with Gasteiger partial charge in [-0.05, 0) is 31.0 Å². The van der Waals surface area contributed by atoms with Gasteiger partial charge < -0.3 is 15.2 Å². The van der Waals surface area contributed by atoms with E-state index in [1.54, 1.807) is 7.11 Å². The number of rotatable bonds is 2. The average molecular weight is 207 g/mol. The second kappa shape index (κ2) is 3.51. The highest BCUT2D eigenvalue weighted by Gasteiger charge is 2.38. The maximum absolute atomic E-state index is 6.21. The Morgan fingerprint density at radius 1 is 1.27 bits per heavy atom. The zero-order chi connectivity index (χ0) is 11.1. The van der Waals surface area contributed by atoms with E-state index in [9.17, 15) is 0 Å². The van der Waals surface area contributed by atoms with Crippen LogP contribution in [0.5, 0.6) is 5.75 Å². The van der Waals surface area contributed by atoms with Crippen molar-refractivity contribution in [1.82, 2.24) is 0 Å². The van der Waals surface area contributed by atoms with E-state index in [0.717, 1.165) is 11.3 Å². The summed E-state index contributed by atoms with van der Waals surface area (Å²) in [6.45, 7) is 5.31. The van der Waals surface area contributed by atoms with E-state index in [4.69, 9.17) is 15.2 Å². The van der Waals surface area contributed by atoms with Gasteiger partial charge in [-0.15, -0.1) is 0 Å². The molecule has 1 aliphatic rings. The van der Waals surface area contributed by atoms with Crippen molar-refractivity contribution in [3.63, 3.8) is 0 Å². The first-order chi connectivity index (χ1) is 7.07. The first-order valence-electron chi connectivity index (χ1n) is 5.09. The van der Waals surface area contributed by atoms with Gasteiger partial charge in [0.2, 0.25) is 0 Å². The Morgan fingerprint density at radius 3 is 2.33 bits per heavy atom. The fourth-order valence-corrected chi connectivity index (χ4v) is 1.83. The molecule has 0 bridgehead atoms. The standard InChI is InChI=1S/C12H17NO2/c1-8-4-10(12(13)6-15-7-12)11(14-3)5-9(8)2/h4-5H,6-7,13H2,1-3H3. The highest BCUT2D eigenvalue weighted by Crippen LogP contribution is 2.35. The molecule has 15 heavy (non-hydrogen) atoms. The largest absolute Gasteiger partial charge is 0.496 e. The Morgan fingerprint density at radius 2 is 1.87 bits per heavy atom. The molecule has 1 aromatic carbocycles. The van der Waals surface area contributed by atoms with Gasteiger partial charge in [-0.1, -0.05) is 6.07 Å². The van der Waals surface area contributed by atoms with E-state index in [-0.39, 0.29) is 5.54 Å². The topological polar surface area (TPSA) is 44.5 Å². The van der Waals surface area contributed by atoms with Crippen LogP contribution in [0, 0.1) is 13.8 Å². The molecule has 3 nitrogen and oxygen atoms in total. The van der Waals surface area contributed by atoms with Crippen molar-refractivity contribution in [2.24, 2.45) is 5.73 Å². The summed E-state index contributed by atoms with van der Waals surface area (Å²) in [4.78, 5) is 0. The predicted octanol–water partition coefficient (Wildman–Crippen LogP) is 1.50. The molecule has 1 fully saturated rings. The Hall–Kier alpha value is -1.06. The number of aryl methyl sites for hydroxylation is 2. The van der Waals surface area contributed by atoms with Crippen molar-refractivity contribution >= 4 is 0 Å². The summed E-state index contributed by atoms with van der Waals surface area (Å²) >= 11 is 0. The summed E-state index contributed by atoms with van der Waals surface area (Å²) < 4.78 is 10.5. The molecule has 0 aliphatic carbocycles. The summed E-state index contributed by atoms with van der Waals surface area (Å²) in [6.07, 6.45) is 0. The minimum absolute atomic E-state index is 0.357. The molecule has 1 saturated heterocycles. The molecule has 3 heteroatoms. The van der Waals surface area contributed by atoms with E-state index >= 15 is 0 Å². The molecule has 0 amide bonds. The molecular weight excluding hydrogens is 190 g/mol. The van der Waals surface area contributed by atoms with Crippen LogP contribution < -0.4 is 10.5 Å². The third kappa shape index (κ3) is 1.62. The molecule has 0 atom stereocenters. The van der Waals surface area contributed by atoms with E-state index in [0.29, 0.717) is 13.2 Å². The van der Waals surface area contributed by atoms with E-state index in [2.05, 4.69) is 19.9 Å². The van der Waals surface area contributed by atoms with Crippen LogP contribution in [0.25, 0.3) is 0 Å². The molecule has 0 radical (unpaired) electrons. The van der Waals surface area contributed by atoms with Gasteiger partial charge in [-0.2, -0.15) is 0 Å². The Bertz CT molecular complexity index is 383. The van der Waals surface area contributed by atoms with E-state index in [1.165, 1.54) is 11.1 Å². The number of nitrogens with two attached hydrogens (primary N) is 1. The molecule has 1 aromatic rings. The lowest BCUT2D eigenvalue weighted by atomic mass is 9.86. The summed E-state index contributed by atoms with van der Waals surface area (Å²) in [5.74, 6) is 0.865. The van der Waals surface area contributed by atoms with Crippen molar-refractivity contribution in [3.05, 3.63) is 28.8 Å². The molecule has 0 unspecified atom stereocenters. The van der Waals surface area contributed by atoms with Crippen LogP contribution in [-0.4, -0.2) is 20.3 Å². The van der Waals surface area contributed by atoms with Gasteiger partial charge in [0, 0.05) is 5.56 Å². The Kier molecular flexibility index (Phi) is 2.44. The highest BCUT2D eigenvalue weighted by atomic mass is 16.5.